The topological polar surface area (TPSA) is 21.7 Å². The fourth-order valence-electron chi connectivity index (χ4n) is 4.12. The Hall–Kier alpha value is -2.88. The van der Waals surface area contributed by atoms with Gasteiger partial charge in [-0.15, -0.1) is 0 Å². The molecule has 2 atom stereocenters. The van der Waals surface area contributed by atoms with E-state index < -0.39 is 42.4 Å². The van der Waals surface area contributed by atoms with Gasteiger partial charge in [0.2, 0.25) is 0 Å². The number of nitrogens with zero attached hydrogens (tertiary/aromatic N) is 1. The molecule has 0 spiro atoms. The number of benzene rings is 3. The van der Waals surface area contributed by atoms with Gasteiger partial charge in [-0.2, -0.15) is 26.3 Å². The number of morpholine rings is 1. The van der Waals surface area contributed by atoms with E-state index in [1.165, 1.54) is 0 Å². The third-order valence-electron chi connectivity index (χ3n) is 5.74. The van der Waals surface area contributed by atoms with E-state index in [4.69, 9.17) is 9.47 Å². The highest BCUT2D eigenvalue weighted by molar-refractivity contribution is 5.33. The predicted molar refractivity (Wildman–Crippen MR) is 117 cm³/mol. The summed E-state index contributed by atoms with van der Waals surface area (Å²) in [5.74, 6) is 0. The van der Waals surface area contributed by atoms with Crippen molar-refractivity contribution in [2.24, 2.45) is 0 Å². The first-order valence-corrected chi connectivity index (χ1v) is 11.0. The maximum absolute atomic E-state index is 13.2. The molecule has 3 aromatic carbocycles. The summed E-state index contributed by atoms with van der Waals surface area (Å²) in [5, 5.41) is 0. The Morgan fingerprint density at radius 1 is 0.771 bits per heavy atom. The van der Waals surface area contributed by atoms with E-state index in [-0.39, 0.29) is 11.6 Å². The van der Waals surface area contributed by atoms with Crippen LogP contribution in [0.15, 0.2) is 78.9 Å². The number of halogens is 6. The number of hydrogen-bond donors (Lipinski definition) is 0. The molecule has 35 heavy (non-hydrogen) atoms. The van der Waals surface area contributed by atoms with Gasteiger partial charge in [-0.25, -0.2) is 0 Å². The maximum atomic E-state index is 13.2. The molecule has 4 rings (SSSR count). The Morgan fingerprint density at radius 2 is 1.34 bits per heavy atom. The molecule has 1 saturated heterocycles. The molecule has 0 aliphatic carbocycles. The average molecular weight is 495 g/mol. The van der Waals surface area contributed by atoms with E-state index in [9.17, 15) is 26.3 Å². The highest BCUT2D eigenvalue weighted by atomic mass is 19.4. The fourth-order valence-corrected chi connectivity index (χ4v) is 4.12. The minimum atomic E-state index is -4.92. The van der Waals surface area contributed by atoms with Gasteiger partial charge in [-0.3, -0.25) is 4.90 Å². The van der Waals surface area contributed by atoms with Crippen LogP contribution in [0.25, 0.3) is 0 Å². The van der Waals surface area contributed by atoms with Crippen molar-refractivity contribution in [1.82, 2.24) is 4.90 Å². The summed E-state index contributed by atoms with van der Waals surface area (Å²) in [5.41, 5.74) is -1.06. The van der Waals surface area contributed by atoms with E-state index in [2.05, 4.69) is 4.90 Å². The van der Waals surface area contributed by atoms with Crippen LogP contribution in [0.4, 0.5) is 26.3 Å². The number of ether oxygens (including phenoxy) is 2. The minimum absolute atomic E-state index is 0.106. The molecule has 0 N–H and O–H groups in total. The van der Waals surface area contributed by atoms with Crippen LogP contribution in [-0.2, 0) is 35.0 Å². The lowest BCUT2D eigenvalue weighted by atomic mass is 10.0. The lowest BCUT2D eigenvalue weighted by molar-refractivity contribution is -0.218. The van der Waals surface area contributed by atoms with E-state index in [1.54, 1.807) is 0 Å². The standard InChI is InChI=1S/C26H23F6NO2/c27-25(28,29)21-13-19(14-22(15-21)26(30,31)32)17-35-24-23(20-9-5-2-6-10-20)33(11-12-34-24)16-18-7-3-1-4-8-18/h1-10,13-15,23-24H,11-12,16-17H2/t23-,24-/m0/s1. The summed E-state index contributed by atoms with van der Waals surface area (Å²) in [6, 6.07) is 20.1. The molecule has 0 radical (unpaired) electrons. The van der Waals surface area contributed by atoms with Crippen molar-refractivity contribution in [2.45, 2.75) is 37.8 Å². The van der Waals surface area contributed by atoms with Crippen LogP contribution in [0, 0.1) is 0 Å². The highest BCUT2D eigenvalue weighted by Crippen LogP contribution is 2.37. The average Bonchev–Trinajstić information content (AvgIpc) is 2.83. The van der Waals surface area contributed by atoms with Crippen LogP contribution < -0.4 is 0 Å². The first-order valence-electron chi connectivity index (χ1n) is 11.0. The quantitative estimate of drug-likeness (QED) is 0.350. The van der Waals surface area contributed by atoms with Crippen molar-refractivity contribution in [1.29, 1.82) is 0 Å². The summed E-state index contributed by atoms with van der Waals surface area (Å²) in [6.45, 7) is 0.985. The largest absolute Gasteiger partial charge is 0.416 e. The van der Waals surface area contributed by atoms with Gasteiger partial charge in [0.25, 0.3) is 0 Å². The molecule has 3 nitrogen and oxygen atoms in total. The normalized spacial score (nSPS) is 19.6. The second kappa shape index (κ2) is 10.4. The van der Waals surface area contributed by atoms with Gasteiger partial charge in [0.15, 0.2) is 6.29 Å². The summed E-state index contributed by atoms with van der Waals surface area (Å²) < 4.78 is 91.1. The molecule has 1 aliphatic rings. The van der Waals surface area contributed by atoms with Gasteiger partial charge >= 0.3 is 12.4 Å². The first-order chi connectivity index (χ1) is 16.6. The lowest BCUT2D eigenvalue weighted by Crippen LogP contribution is -2.46. The fraction of sp³-hybridized carbons (Fsp3) is 0.308. The molecule has 1 fully saturated rings. The highest BCUT2D eigenvalue weighted by Gasteiger charge is 2.38. The minimum Gasteiger partial charge on any atom is -0.349 e. The van der Waals surface area contributed by atoms with Crippen molar-refractivity contribution in [3.8, 4) is 0 Å². The van der Waals surface area contributed by atoms with Gasteiger partial charge in [0, 0.05) is 13.1 Å². The van der Waals surface area contributed by atoms with Gasteiger partial charge in [0.1, 0.15) is 0 Å². The van der Waals surface area contributed by atoms with Crippen LogP contribution in [0.2, 0.25) is 0 Å². The van der Waals surface area contributed by atoms with Gasteiger partial charge in [-0.05, 0) is 34.9 Å². The lowest BCUT2D eigenvalue weighted by Gasteiger charge is -2.41. The predicted octanol–water partition coefficient (Wildman–Crippen LogP) is 6.84. The SMILES string of the molecule is FC(F)(F)c1cc(CO[C@@H]2OCCN(Cc3ccccc3)[C@H]2c2ccccc2)cc(C(F)(F)F)c1. The summed E-state index contributed by atoms with van der Waals surface area (Å²) in [7, 11) is 0. The van der Waals surface area contributed by atoms with Crippen LogP contribution in [0.1, 0.15) is 33.9 Å². The molecule has 1 heterocycles. The Morgan fingerprint density at radius 3 is 1.91 bits per heavy atom. The summed E-state index contributed by atoms with van der Waals surface area (Å²) in [6.07, 6.45) is -10.7. The van der Waals surface area contributed by atoms with Crippen molar-refractivity contribution in [3.05, 3.63) is 107 Å². The third-order valence-corrected chi connectivity index (χ3v) is 5.74. The summed E-state index contributed by atoms with van der Waals surface area (Å²) in [4.78, 5) is 2.13. The molecule has 0 aromatic heterocycles. The van der Waals surface area contributed by atoms with Crippen LogP contribution in [-0.4, -0.2) is 24.3 Å². The Kier molecular flexibility index (Phi) is 7.49. The van der Waals surface area contributed by atoms with Gasteiger partial charge in [0.05, 0.1) is 30.4 Å². The smallest absolute Gasteiger partial charge is 0.349 e. The van der Waals surface area contributed by atoms with E-state index in [0.717, 1.165) is 11.1 Å². The van der Waals surface area contributed by atoms with E-state index in [0.29, 0.717) is 31.8 Å². The molecule has 0 unspecified atom stereocenters. The molecule has 186 valence electrons. The van der Waals surface area contributed by atoms with Crippen LogP contribution in [0.5, 0.6) is 0 Å². The molecule has 0 bridgehead atoms. The molecule has 1 aliphatic heterocycles. The number of hydrogen-bond acceptors (Lipinski definition) is 3. The first kappa shape index (κ1) is 25.2. The van der Waals surface area contributed by atoms with Crippen molar-refractivity contribution < 1.29 is 35.8 Å². The molecule has 3 aromatic rings. The Balaban J connectivity index is 1.60. The Bertz CT molecular complexity index is 1070. The van der Waals surface area contributed by atoms with Crippen molar-refractivity contribution >= 4 is 0 Å². The van der Waals surface area contributed by atoms with Crippen molar-refractivity contribution in [2.75, 3.05) is 13.2 Å². The second-order valence-corrected chi connectivity index (χ2v) is 8.28. The van der Waals surface area contributed by atoms with Crippen molar-refractivity contribution in [3.63, 3.8) is 0 Å². The van der Waals surface area contributed by atoms with Crippen LogP contribution in [0.3, 0.4) is 0 Å². The zero-order chi connectivity index (χ0) is 25.1. The molecule has 0 amide bonds. The zero-order valence-electron chi connectivity index (χ0n) is 18.5. The zero-order valence-corrected chi connectivity index (χ0v) is 18.5. The third kappa shape index (κ3) is 6.42. The Labute approximate surface area is 198 Å². The van der Waals surface area contributed by atoms with E-state index in [1.807, 2.05) is 60.7 Å². The monoisotopic (exact) mass is 495 g/mol. The molecule has 9 heteroatoms. The van der Waals surface area contributed by atoms with Gasteiger partial charge < -0.3 is 9.47 Å². The molecular weight excluding hydrogens is 472 g/mol. The van der Waals surface area contributed by atoms with Gasteiger partial charge in [-0.1, -0.05) is 60.7 Å². The number of alkyl halides is 6. The second-order valence-electron chi connectivity index (χ2n) is 8.28. The molecule has 0 saturated carbocycles. The summed E-state index contributed by atoms with van der Waals surface area (Å²) >= 11 is 0. The van der Waals surface area contributed by atoms with E-state index >= 15 is 0 Å². The number of rotatable bonds is 6. The van der Waals surface area contributed by atoms with Crippen LogP contribution >= 0.6 is 0 Å². The maximum Gasteiger partial charge on any atom is 0.416 e. The molecular formula is C26H23F6NO2.